The standard InChI is InChI=1S/C27H21Cl2N5O2/c1-18-22(25(29)34(33-18)20-12-6-3-7-13-20)17-30-32-27(36)24(16-19-10-4-2-5-11-19)31-26(35)21-14-8-9-15-23(21)28/h2-17H,1H3,(H,31,35)(H,32,36)/b24-16+,30-17-. The van der Waals surface area contributed by atoms with Gasteiger partial charge in [-0.25, -0.2) is 10.1 Å². The smallest absolute Gasteiger partial charge is 0.287 e. The van der Waals surface area contributed by atoms with E-state index in [1.807, 2.05) is 48.5 Å². The molecule has 4 rings (SSSR count). The Morgan fingerprint density at radius 2 is 1.56 bits per heavy atom. The minimum absolute atomic E-state index is 0.00827. The lowest BCUT2D eigenvalue weighted by atomic mass is 10.1. The highest BCUT2D eigenvalue weighted by molar-refractivity contribution is 6.34. The van der Waals surface area contributed by atoms with E-state index in [1.54, 1.807) is 54.1 Å². The van der Waals surface area contributed by atoms with E-state index < -0.39 is 11.8 Å². The van der Waals surface area contributed by atoms with Gasteiger partial charge >= 0.3 is 0 Å². The molecule has 2 N–H and O–H groups in total. The SMILES string of the molecule is Cc1nn(-c2ccccc2)c(Cl)c1/C=N\NC(=O)/C(=C\c1ccccc1)NC(=O)c1ccccc1Cl. The minimum Gasteiger partial charge on any atom is -0.317 e. The summed E-state index contributed by atoms with van der Waals surface area (Å²) in [6.07, 6.45) is 2.96. The summed E-state index contributed by atoms with van der Waals surface area (Å²) < 4.78 is 1.59. The molecule has 1 heterocycles. The Hall–Kier alpha value is -4.20. The zero-order chi connectivity index (χ0) is 25.5. The van der Waals surface area contributed by atoms with Gasteiger partial charge in [-0.15, -0.1) is 0 Å². The van der Waals surface area contributed by atoms with Crippen LogP contribution in [0.4, 0.5) is 0 Å². The van der Waals surface area contributed by atoms with Crippen LogP contribution in [0.15, 0.2) is 95.7 Å². The molecule has 0 aliphatic carbocycles. The number of hydrogen-bond donors (Lipinski definition) is 2. The Morgan fingerprint density at radius 3 is 2.25 bits per heavy atom. The van der Waals surface area contributed by atoms with Crippen LogP contribution in [0.2, 0.25) is 10.2 Å². The highest BCUT2D eigenvalue weighted by atomic mass is 35.5. The monoisotopic (exact) mass is 517 g/mol. The molecule has 0 aliphatic rings. The molecular weight excluding hydrogens is 497 g/mol. The van der Waals surface area contributed by atoms with Gasteiger partial charge in [-0.2, -0.15) is 10.2 Å². The van der Waals surface area contributed by atoms with Gasteiger partial charge in [0, 0.05) is 0 Å². The Bertz CT molecular complexity index is 1450. The third-order valence-electron chi connectivity index (χ3n) is 5.13. The average molecular weight is 518 g/mol. The van der Waals surface area contributed by atoms with Crippen molar-refractivity contribution >= 4 is 47.3 Å². The van der Waals surface area contributed by atoms with Crippen molar-refractivity contribution in [3.8, 4) is 5.69 Å². The summed E-state index contributed by atoms with van der Waals surface area (Å²) in [5.41, 5.74) is 5.37. The van der Waals surface area contributed by atoms with E-state index in [-0.39, 0.29) is 16.3 Å². The number of halogens is 2. The fourth-order valence-electron chi connectivity index (χ4n) is 3.32. The zero-order valence-electron chi connectivity index (χ0n) is 19.2. The number of aryl methyl sites for hydroxylation is 1. The number of rotatable bonds is 7. The summed E-state index contributed by atoms with van der Waals surface area (Å²) in [4.78, 5) is 25.8. The molecule has 0 spiro atoms. The van der Waals surface area contributed by atoms with E-state index in [2.05, 4.69) is 20.9 Å². The van der Waals surface area contributed by atoms with E-state index >= 15 is 0 Å². The molecule has 3 aromatic carbocycles. The topological polar surface area (TPSA) is 88.4 Å². The predicted molar refractivity (Wildman–Crippen MR) is 142 cm³/mol. The van der Waals surface area contributed by atoms with E-state index in [9.17, 15) is 9.59 Å². The number of benzene rings is 3. The van der Waals surface area contributed by atoms with Gasteiger partial charge < -0.3 is 5.32 Å². The number of carbonyl (C=O) groups is 2. The van der Waals surface area contributed by atoms with Gasteiger partial charge in [0.25, 0.3) is 11.8 Å². The molecule has 0 bridgehead atoms. The number of aromatic nitrogens is 2. The lowest BCUT2D eigenvalue weighted by Gasteiger charge is -2.10. The van der Waals surface area contributed by atoms with E-state index in [4.69, 9.17) is 23.2 Å². The number of amides is 2. The van der Waals surface area contributed by atoms with Crippen LogP contribution in [0, 0.1) is 6.92 Å². The van der Waals surface area contributed by atoms with Crippen LogP contribution in [-0.2, 0) is 4.79 Å². The van der Waals surface area contributed by atoms with Gasteiger partial charge in [0.1, 0.15) is 10.9 Å². The highest BCUT2D eigenvalue weighted by Gasteiger charge is 2.17. The molecular formula is C27H21Cl2N5O2. The zero-order valence-corrected chi connectivity index (χ0v) is 20.7. The molecule has 9 heteroatoms. The van der Waals surface area contributed by atoms with Crippen LogP contribution in [0.3, 0.4) is 0 Å². The van der Waals surface area contributed by atoms with Crippen molar-refractivity contribution in [3.05, 3.63) is 123 Å². The second kappa shape index (κ2) is 11.5. The van der Waals surface area contributed by atoms with Crippen molar-refractivity contribution in [2.75, 3.05) is 0 Å². The van der Waals surface area contributed by atoms with E-state index in [1.165, 1.54) is 6.21 Å². The third kappa shape index (κ3) is 5.89. The number of nitrogens with zero attached hydrogens (tertiary/aromatic N) is 3. The van der Waals surface area contributed by atoms with Crippen LogP contribution in [0.5, 0.6) is 0 Å². The van der Waals surface area contributed by atoms with Crippen LogP contribution >= 0.6 is 23.2 Å². The van der Waals surface area contributed by atoms with Crippen molar-refractivity contribution in [1.82, 2.24) is 20.5 Å². The van der Waals surface area contributed by atoms with Crippen LogP contribution < -0.4 is 10.7 Å². The molecule has 0 atom stereocenters. The number of nitrogens with one attached hydrogen (secondary N) is 2. The molecule has 4 aromatic rings. The average Bonchev–Trinajstić information content (AvgIpc) is 3.18. The van der Waals surface area contributed by atoms with E-state index in [0.717, 1.165) is 5.69 Å². The predicted octanol–water partition coefficient (Wildman–Crippen LogP) is 5.41. The molecule has 36 heavy (non-hydrogen) atoms. The molecule has 0 aliphatic heterocycles. The van der Waals surface area contributed by atoms with Crippen molar-refractivity contribution in [2.45, 2.75) is 6.92 Å². The maximum Gasteiger partial charge on any atom is 0.287 e. The Labute approximate surface area is 218 Å². The Morgan fingerprint density at radius 1 is 0.917 bits per heavy atom. The number of carbonyl (C=O) groups excluding carboxylic acids is 2. The second-order valence-corrected chi connectivity index (χ2v) is 8.40. The number of para-hydroxylation sites is 1. The van der Waals surface area contributed by atoms with Crippen LogP contribution in [-0.4, -0.2) is 27.8 Å². The molecule has 180 valence electrons. The Kier molecular flexibility index (Phi) is 7.95. The fraction of sp³-hybridized carbons (Fsp3) is 0.0370. The molecule has 0 saturated carbocycles. The van der Waals surface area contributed by atoms with Crippen molar-refractivity contribution in [2.24, 2.45) is 5.10 Å². The lowest BCUT2D eigenvalue weighted by molar-refractivity contribution is -0.117. The summed E-state index contributed by atoms with van der Waals surface area (Å²) in [5.74, 6) is -1.15. The molecule has 0 saturated heterocycles. The normalized spacial score (nSPS) is 11.5. The fourth-order valence-corrected chi connectivity index (χ4v) is 3.87. The summed E-state index contributed by atoms with van der Waals surface area (Å²) in [6.45, 7) is 1.79. The first-order chi connectivity index (χ1) is 17.4. The van der Waals surface area contributed by atoms with Gasteiger partial charge in [-0.1, -0.05) is 83.9 Å². The maximum absolute atomic E-state index is 13.0. The molecule has 1 aromatic heterocycles. The third-order valence-corrected chi connectivity index (χ3v) is 5.82. The van der Waals surface area contributed by atoms with Crippen molar-refractivity contribution in [3.63, 3.8) is 0 Å². The van der Waals surface area contributed by atoms with E-state index in [0.29, 0.717) is 22.0 Å². The van der Waals surface area contributed by atoms with Gasteiger partial charge in [0.05, 0.1) is 33.7 Å². The maximum atomic E-state index is 13.0. The molecule has 2 amide bonds. The molecule has 0 unspecified atom stereocenters. The minimum atomic E-state index is -0.625. The van der Waals surface area contributed by atoms with Gasteiger partial charge in [0.15, 0.2) is 0 Å². The first-order valence-electron chi connectivity index (χ1n) is 10.9. The summed E-state index contributed by atoms with van der Waals surface area (Å²) in [6, 6.07) is 25.1. The molecule has 0 fully saturated rings. The number of hydrazone groups is 1. The molecule has 0 radical (unpaired) electrons. The first kappa shape index (κ1) is 24.9. The van der Waals surface area contributed by atoms with Crippen molar-refractivity contribution in [1.29, 1.82) is 0 Å². The summed E-state index contributed by atoms with van der Waals surface area (Å²) in [5, 5.41) is 11.8. The molecule has 7 nitrogen and oxygen atoms in total. The van der Waals surface area contributed by atoms with Crippen LogP contribution in [0.25, 0.3) is 11.8 Å². The largest absolute Gasteiger partial charge is 0.317 e. The van der Waals surface area contributed by atoms with Crippen LogP contribution in [0.1, 0.15) is 27.2 Å². The summed E-state index contributed by atoms with van der Waals surface area (Å²) >= 11 is 12.7. The highest BCUT2D eigenvalue weighted by Crippen LogP contribution is 2.22. The van der Waals surface area contributed by atoms with Gasteiger partial charge in [-0.05, 0) is 42.8 Å². The quantitative estimate of drug-likeness (QED) is 0.195. The number of hydrogen-bond acceptors (Lipinski definition) is 4. The Balaban J connectivity index is 1.55. The van der Waals surface area contributed by atoms with Gasteiger partial charge in [-0.3, -0.25) is 9.59 Å². The summed E-state index contributed by atoms with van der Waals surface area (Å²) in [7, 11) is 0. The first-order valence-corrected chi connectivity index (χ1v) is 11.7. The van der Waals surface area contributed by atoms with Gasteiger partial charge in [0.2, 0.25) is 0 Å². The lowest BCUT2D eigenvalue weighted by Crippen LogP contribution is -2.33. The van der Waals surface area contributed by atoms with Crippen molar-refractivity contribution < 1.29 is 9.59 Å². The second-order valence-electron chi connectivity index (χ2n) is 7.64.